The molecule has 0 saturated carbocycles. The van der Waals surface area contributed by atoms with E-state index in [-0.39, 0.29) is 24.2 Å². The Morgan fingerprint density at radius 1 is 1.12 bits per heavy atom. The van der Waals surface area contributed by atoms with E-state index >= 15 is 0 Å². The molecule has 0 spiro atoms. The first kappa shape index (κ1) is 21.3. The molecule has 140 valence electrons. The average Bonchev–Trinajstić information content (AvgIpc) is 2.62. The van der Waals surface area contributed by atoms with Gasteiger partial charge in [-0.25, -0.2) is 0 Å². The smallest absolute Gasteiger partial charge is 0.263 e. The molecule has 1 aromatic rings. The molecule has 1 aliphatic heterocycles. The molecular formula is C18H28ClN3O3. The molecule has 7 heteroatoms. The molecule has 0 aromatic heterocycles. The van der Waals surface area contributed by atoms with E-state index in [0.717, 1.165) is 6.42 Å². The third-order valence-electron chi connectivity index (χ3n) is 4.26. The van der Waals surface area contributed by atoms with Gasteiger partial charge in [0, 0.05) is 26.2 Å². The highest BCUT2D eigenvalue weighted by atomic mass is 35.5. The number of amides is 2. The van der Waals surface area contributed by atoms with Crippen molar-refractivity contribution in [1.82, 2.24) is 15.1 Å². The predicted octanol–water partition coefficient (Wildman–Crippen LogP) is 1.33. The summed E-state index contributed by atoms with van der Waals surface area (Å²) in [6.07, 6.45) is 0.447. The van der Waals surface area contributed by atoms with Crippen LogP contribution in [0.1, 0.15) is 19.4 Å². The van der Waals surface area contributed by atoms with Gasteiger partial charge in [-0.1, -0.05) is 19.1 Å². The zero-order valence-electron chi connectivity index (χ0n) is 15.2. The van der Waals surface area contributed by atoms with E-state index in [4.69, 9.17) is 4.74 Å². The van der Waals surface area contributed by atoms with E-state index in [1.807, 2.05) is 24.3 Å². The Morgan fingerprint density at radius 3 is 2.20 bits per heavy atom. The van der Waals surface area contributed by atoms with Crippen molar-refractivity contribution in [1.29, 1.82) is 0 Å². The van der Waals surface area contributed by atoms with Gasteiger partial charge in [-0.15, -0.1) is 12.4 Å². The van der Waals surface area contributed by atoms with E-state index in [9.17, 15) is 9.59 Å². The Hall–Kier alpha value is -1.79. The van der Waals surface area contributed by atoms with Crippen molar-refractivity contribution in [3.8, 4) is 5.75 Å². The molecule has 1 saturated heterocycles. The monoisotopic (exact) mass is 369 g/mol. The number of carbonyl (C=O) groups excluding carboxylic acids is 2. The number of benzene rings is 1. The van der Waals surface area contributed by atoms with Crippen LogP contribution in [-0.2, 0) is 16.0 Å². The van der Waals surface area contributed by atoms with Gasteiger partial charge in [0.2, 0.25) is 5.91 Å². The average molecular weight is 370 g/mol. The van der Waals surface area contributed by atoms with Crippen molar-refractivity contribution in [2.24, 2.45) is 0 Å². The molecule has 6 nitrogen and oxygen atoms in total. The van der Waals surface area contributed by atoms with Crippen molar-refractivity contribution < 1.29 is 14.3 Å². The van der Waals surface area contributed by atoms with Gasteiger partial charge in [-0.2, -0.15) is 0 Å². The summed E-state index contributed by atoms with van der Waals surface area (Å²) in [6, 6.07) is 7.82. The Kier molecular flexibility index (Phi) is 8.72. The highest BCUT2D eigenvalue weighted by Gasteiger charge is 2.27. The molecule has 2 rings (SSSR count). The number of aryl methyl sites for hydroxylation is 1. The van der Waals surface area contributed by atoms with Crippen LogP contribution in [0.4, 0.5) is 0 Å². The van der Waals surface area contributed by atoms with Gasteiger partial charge in [-0.3, -0.25) is 9.59 Å². The maximum absolute atomic E-state index is 12.5. The lowest BCUT2D eigenvalue weighted by Crippen LogP contribution is -2.54. The molecule has 1 atom stereocenters. The van der Waals surface area contributed by atoms with Gasteiger partial charge in [0.05, 0.1) is 6.54 Å². The number of carbonyl (C=O) groups is 2. The Labute approximate surface area is 155 Å². The van der Waals surface area contributed by atoms with E-state index in [2.05, 4.69) is 12.2 Å². The summed E-state index contributed by atoms with van der Waals surface area (Å²) >= 11 is 0. The van der Waals surface area contributed by atoms with Crippen LogP contribution >= 0.6 is 12.4 Å². The fraction of sp³-hybridized carbons (Fsp3) is 0.556. The molecule has 1 unspecified atom stereocenters. The molecule has 0 bridgehead atoms. The van der Waals surface area contributed by atoms with Gasteiger partial charge in [0.25, 0.3) is 5.91 Å². The minimum atomic E-state index is -0.531. The second kappa shape index (κ2) is 10.3. The summed E-state index contributed by atoms with van der Waals surface area (Å²) in [6.45, 7) is 6.46. The van der Waals surface area contributed by atoms with Crippen molar-refractivity contribution >= 4 is 24.2 Å². The van der Waals surface area contributed by atoms with Crippen LogP contribution < -0.4 is 10.1 Å². The first-order valence-electron chi connectivity index (χ1n) is 8.52. The highest BCUT2D eigenvalue weighted by molar-refractivity contribution is 5.85. The number of rotatable bonds is 6. The Balaban J connectivity index is 0.00000312. The lowest BCUT2D eigenvalue weighted by molar-refractivity contribution is -0.143. The fourth-order valence-corrected chi connectivity index (χ4v) is 2.75. The van der Waals surface area contributed by atoms with Gasteiger partial charge in [-0.05, 0) is 38.1 Å². The number of likely N-dealkylation sites (N-methyl/N-ethyl adjacent to an activating group) is 1. The quantitative estimate of drug-likeness (QED) is 0.821. The van der Waals surface area contributed by atoms with Gasteiger partial charge >= 0.3 is 0 Å². The first-order chi connectivity index (χ1) is 11.5. The van der Waals surface area contributed by atoms with Crippen LogP contribution in [0.3, 0.4) is 0 Å². The summed E-state index contributed by atoms with van der Waals surface area (Å²) in [7, 11) is 1.75. The second-order valence-electron chi connectivity index (χ2n) is 5.99. The molecule has 1 fully saturated rings. The topological polar surface area (TPSA) is 61.9 Å². The number of nitrogens with one attached hydrogen (secondary N) is 1. The van der Waals surface area contributed by atoms with Crippen LogP contribution in [0.25, 0.3) is 0 Å². The molecule has 0 aliphatic carbocycles. The molecular weight excluding hydrogens is 342 g/mol. The van der Waals surface area contributed by atoms with E-state index in [0.29, 0.717) is 38.5 Å². The van der Waals surface area contributed by atoms with Crippen LogP contribution in [0.5, 0.6) is 5.75 Å². The van der Waals surface area contributed by atoms with E-state index in [1.165, 1.54) is 5.56 Å². The SMILES string of the molecule is CCc1ccc(OC(C)C(=O)N2CCN(C(=O)CNC)CC2)cc1.Cl. The molecule has 1 aliphatic rings. The molecule has 0 radical (unpaired) electrons. The summed E-state index contributed by atoms with van der Waals surface area (Å²) < 4.78 is 5.76. The number of halogens is 1. The molecule has 1 heterocycles. The predicted molar refractivity (Wildman–Crippen MR) is 100 cm³/mol. The summed E-state index contributed by atoms with van der Waals surface area (Å²) in [5.74, 6) is 0.746. The Bertz CT molecular complexity index is 557. The number of nitrogens with zero attached hydrogens (tertiary/aromatic N) is 2. The summed E-state index contributed by atoms with van der Waals surface area (Å²) in [4.78, 5) is 27.9. The Morgan fingerprint density at radius 2 is 1.68 bits per heavy atom. The van der Waals surface area contributed by atoms with Gasteiger partial charge < -0.3 is 19.9 Å². The molecule has 1 aromatic carbocycles. The minimum absolute atomic E-state index is 0. The highest BCUT2D eigenvalue weighted by Crippen LogP contribution is 2.15. The number of ether oxygens (including phenoxy) is 1. The molecule has 2 amide bonds. The van der Waals surface area contributed by atoms with Crippen molar-refractivity contribution in [3.05, 3.63) is 29.8 Å². The minimum Gasteiger partial charge on any atom is -0.481 e. The lowest BCUT2D eigenvalue weighted by Gasteiger charge is -2.35. The van der Waals surface area contributed by atoms with Crippen LogP contribution in [0.15, 0.2) is 24.3 Å². The van der Waals surface area contributed by atoms with Crippen molar-refractivity contribution in [2.75, 3.05) is 39.8 Å². The molecule has 25 heavy (non-hydrogen) atoms. The zero-order valence-corrected chi connectivity index (χ0v) is 16.0. The second-order valence-corrected chi connectivity index (χ2v) is 5.99. The third-order valence-corrected chi connectivity index (χ3v) is 4.26. The maximum atomic E-state index is 12.5. The normalized spacial score (nSPS) is 15.3. The standard InChI is InChI=1S/C18H27N3O3.ClH/c1-4-15-5-7-16(8-6-15)24-14(2)18(23)21-11-9-20(10-12-21)17(22)13-19-3;/h5-8,14,19H,4,9-13H2,1-3H3;1H. The molecule has 1 N–H and O–H groups in total. The lowest BCUT2D eigenvalue weighted by atomic mass is 10.2. The van der Waals surface area contributed by atoms with E-state index in [1.54, 1.807) is 23.8 Å². The van der Waals surface area contributed by atoms with Gasteiger partial charge in [0.1, 0.15) is 5.75 Å². The number of hydrogen-bond acceptors (Lipinski definition) is 4. The zero-order chi connectivity index (χ0) is 17.5. The van der Waals surface area contributed by atoms with Crippen LogP contribution in [-0.4, -0.2) is 67.5 Å². The van der Waals surface area contributed by atoms with Crippen molar-refractivity contribution in [3.63, 3.8) is 0 Å². The summed E-state index contributed by atoms with van der Waals surface area (Å²) in [5, 5.41) is 2.86. The first-order valence-corrected chi connectivity index (χ1v) is 8.52. The number of piperazine rings is 1. The van der Waals surface area contributed by atoms with Gasteiger partial charge in [0.15, 0.2) is 6.10 Å². The van der Waals surface area contributed by atoms with Crippen LogP contribution in [0.2, 0.25) is 0 Å². The third kappa shape index (κ3) is 5.90. The largest absolute Gasteiger partial charge is 0.481 e. The number of hydrogen-bond donors (Lipinski definition) is 1. The summed E-state index contributed by atoms with van der Waals surface area (Å²) in [5.41, 5.74) is 1.24. The van der Waals surface area contributed by atoms with E-state index < -0.39 is 6.10 Å². The maximum Gasteiger partial charge on any atom is 0.263 e. The van der Waals surface area contributed by atoms with Crippen molar-refractivity contribution in [2.45, 2.75) is 26.4 Å². The fourth-order valence-electron chi connectivity index (χ4n) is 2.75. The van der Waals surface area contributed by atoms with Crippen LogP contribution in [0, 0.1) is 0 Å².